The number of aromatic nitrogens is 1. The van der Waals surface area contributed by atoms with Crippen LogP contribution >= 0.6 is 11.3 Å². The molecular formula is C13H25N3S. The second kappa shape index (κ2) is 7.09. The summed E-state index contributed by atoms with van der Waals surface area (Å²) in [6.45, 7) is 11.6. The van der Waals surface area contributed by atoms with Crippen molar-refractivity contribution in [1.29, 1.82) is 0 Å². The number of rotatable bonds is 7. The summed E-state index contributed by atoms with van der Waals surface area (Å²) >= 11 is 1.64. The predicted molar refractivity (Wildman–Crippen MR) is 74.9 cm³/mol. The third-order valence-corrected chi connectivity index (χ3v) is 4.09. The van der Waals surface area contributed by atoms with Crippen LogP contribution in [0, 0.1) is 17.8 Å². The minimum Gasteiger partial charge on any atom is -0.325 e. The summed E-state index contributed by atoms with van der Waals surface area (Å²) in [6, 6.07) is 0. The molecule has 1 aromatic heterocycles. The van der Waals surface area contributed by atoms with E-state index in [-0.39, 0.29) is 0 Å². The van der Waals surface area contributed by atoms with E-state index in [1.807, 2.05) is 0 Å². The maximum absolute atomic E-state index is 5.55. The number of nitrogens with zero attached hydrogens (tertiary/aromatic N) is 1. The molecule has 0 aliphatic heterocycles. The van der Waals surface area contributed by atoms with Crippen molar-refractivity contribution in [1.82, 2.24) is 10.3 Å². The van der Waals surface area contributed by atoms with Crippen molar-refractivity contribution < 1.29 is 0 Å². The van der Waals surface area contributed by atoms with Crippen LogP contribution in [-0.4, -0.2) is 11.5 Å². The summed E-state index contributed by atoms with van der Waals surface area (Å²) in [5.74, 6) is 2.16. The van der Waals surface area contributed by atoms with Crippen LogP contribution in [0.15, 0.2) is 5.38 Å². The minimum absolute atomic E-state index is 0.547. The molecule has 0 aromatic carbocycles. The van der Waals surface area contributed by atoms with E-state index in [4.69, 9.17) is 5.73 Å². The molecule has 4 heteroatoms. The zero-order chi connectivity index (χ0) is 12.8. The molecule has 0 saturated carbocycles. The molecule has 0 aliphatic rings. The van der Waals surface area contributed by atoms with Crippen molar-refractivity contribution >= 4 is 11.3 Å². The molecule has 1 aromatic rings. The number of hydrogen-bond donors (Lipinski definition) is 2. The molecule has 1 rings (SSSR count). The van der Waals surface area contributed by atoms with Gasteiger partial charge in [-0.05, 0) is 24.3 Å². The summed E-state index contributed by atoms with van der Waals surface area (Å²) in [6.07, 6.45) is 0. The SMILES string of the molecule is CC(C)C(CNCc1csc(CN)n1)C(C)C. The van der Waals surface area contributed by atoms with Gasteiger partial charge in [0.2, 0.25) is 0 Å². The van der Waals surface area contributed by atoms with Crippen molar-refractivity contribution in [2.75, 3.05) is 6.54 Å². The van der Waals surface area contributed by atoms with Crippen molar-refractivity contribution in [3.63, 3.8) is 0 Å². The van der Waals surface area contributed by atoms with E-state index in [1.54, 1.807) is 11.3 Å². The quantitative estimate of drug-likeness (QED) is 0.787. The lowest BCUT2D eigenvalue weighted by atomic mass is 9.85. The highest BCUT2D eigenvalue weighted by Gasteiger charge is 2.16. The van der Waals surface area contributed by atoms with Crippen molar-refractivity contribution in [3.8, 4) is 0 Å². The molecule has 0 atom stereocenters. The second-order valence-electron chi connectivity index (χ2n) is 5.22. The van der Waals surface area contributed by atoms with Crippen LogP contribution in [-0.2, 0) is 13.1 Å². The molecule has 98 valence electrons. The van der Waals surface area contributed by atoms with E-state index < -0.39 is 0 Å². The fraction of sp³-hybridized carbons (Fsp3) is 0.769. The fourth-order valence-corrected chi connectivity index (χ4v) is 2.81. The first kappa shape index (κ1) is 14.6. The summed E-state index contributed by atoms with van der Waals surface area (Å²) in [5, 5.41) is 6.62. The van der Waals surface area contributed by atoms with Crippen LogP contribution < -0.4 is 11.1 Å². The summed E-state index contributed by atoms with van der Waals surface area (Å²) in [5.41, 5.74) is 6.66. The number of nitrogens with two attached hydrogens (primary N) is 1. The molecular weight excluding hydrogens is 230 g/mol. The Balaban J connectivity index is 2.35. The summed E-state index contributed by atoms with van der Waals surface area (Å²) in [4.78, 5) is 4.45. The van der Waals surface area contributed by atoms with Crippen LogP contribution in [0.25, 0.3) is 0 Å². The molecule has 1 heterocycles. The lowest BCUT2D eigenvalue weighted by Crippen LogP contribution is -2.29. The average Bonchev–Trinajstić information content (AvgIpc) is 2.71. The van der Waals surface area contributed by atoms with Crippen molar-refractivity contribution in [3.05, 3.63) is 16.1 Å². The van der Waals surface area contributed by atoms with Gasteiger partial charge >= 0.3 is 0 Å². The van der Waals surface area contributed by atoms with Gasteiger partial charge in [0.25, 0.3) is 0 Å². The third-order valence-electron chi connectivity index (χ3n) is 3.17. The number of hydrogen-bond acceptors (Lipinski definition) is 4. The zero-order valence-electron chi connectivity index (χ0n) is 11.4. The van der Waals surface area contributed by atoms with Gasteiger partial charge < -0.3 is 11.1 Å². The van der Waals surface area contributed by atoms with Gasteiger partial charge in [-0.1, -0.05) is 27.7 Å². The minimum atomic E-state index is 0.547. The molecule has 17 heavy (non-hydrogen) atoms. The van der Waals surface area contributed by atoms with Gasteiger partial charge in [-0.2, -0.15) is 0 Å². The molecule has 0 spiro atoms. The Labute approximate surface area is 109 Å². The third kappa shape index (κ3) is 4.74. The Morgan fingerprint density at radius 3 is 2.41 bits per heavy atom. The summed E-state index contributed by atoms with van der Waals surface area (Å²) in [7, 11) is 0. The monoisotopic (exact) mass is 255 g/mol. The molecule has 3 nitrogen and oxygen atoms in total. The van der Waals surface area contributed by atoms with Gasteiger partial charge in [0.15, 0.2) is 0 Å². The second-order valence-corrected chi connectivity index (χ2v) is 6.16. The Kier molecular flexibility index (Phi) is 6.09. The molecule has 0 bridgehead atoms. The van der Waals surface area contributed by atoms with E-state index in [2.05, 4.69) is 43.4 Å². The van der Waals surface area contributed by atoms with Crippen molar-refractivity contribution in [2.45, 2.75) is 40.8 Å². The van der Waals surface area contributed by atoms with E-state index in [0.717, 1.165) is 41.5 Å². The summed E-state index contributed by atoms with van der Waals surface area (Å²) < 4.78 is 0. The van der Waals surface area contributed by atoms with E-state index in [1.165, 1.54) is 0 Å². The molecule has 0 unspecified atom stereocenters. The van der Waals surface area contributed by atoms with E-state index in [0.29, 0.717) is 6.54 Å². The van der Waals surface area contributed by atoms with Crippen LogP contribution in [0.4, 0.5) is 0 Å². The molecule has 3 N–H and O–H groups in total. The van der Waals surface area contributed by atoms with Crippen molar-refractivity contribution in [2.24, 2.45) is 23.5 Å². The maximum atomic E-state index is 5.55. The molecule has 0 aliphatic carbocycles. The Bertz CT molecular complexity index is 312. The van der Waals surface area contributed by atoms with Gasteiger partial charge in [-0.3, -0.25) is 0 Å². The first-order valence-electron chi connectivity index (χ1n) is 6.38. The van der Waals surface area contributed by atoms with Gasteiger partial charge in [-0.25, -0.2) is 4.98 Å². The number of nitrogens with one attached hydrogen (secondary N) is 1. The van der Waals surface area contributed by atoms with E-state index in [9.17, 15) is 0 Å². The van der Waals surface area contributed by atoms with Gasteiger partial charge in [0, 0.05) is 18.5 Å². The lowest BCUT2D eigenvalue weighted by Gasteiger charge is -2.25. The Morgan fingerprint density at radius 2 is 1.94 bits per heavy atom. The van der Waals surface area contributed by atoms with Gasteiger partial charge in [-0.15, -0.1) is 11.3 Å². The molecule has 0 saturated heterocycles. The van der Waals surface area contributed by atoms with E-state index >= 15 is 0 Å². The van der Waals surface area contributed by atoms with Crippen LogP contribution in [0.2, 0.25) is 0 Å². The van der Waals surface area contributed by atoms with Gasteiger partial charge in [0.05, 0.1) is 5.69 Å². The first-order chi connectivity index (χ1) is 8.04. The average molecular weight is 255 g/mol. The Hall–Kier alpha value is -0.450. The normalized spacial score (nSPS) is 12.0. The van der Waals surface area contributed by atoms with Crippen LogP contribution in [0.3, 0.4) is 0 Å². The highest BCUT2D eigenvalue weighted by atomic mass is 32.1. The Morgan fingerprint density at radius 1 is 1.29 bits per heavy atom. The topological polar surface area (TPSA) is 50.9 Å². The van der Waals surface area contributed by atoms with Crippen LogP contribution in [0.1, 0.15) is 38.4 Å². The zero-order valence-corrected chi connectivity index (χ0v) is 12.2. The largest absolute Gasteiger partial charge is 0.325 e. The molecule has 0 amide bonds. The lowest BCUT2D eigenvalue weighted by molar-refractivity contribution is 0.275. The predicted octanol–water partition coefficient (Wildman–Crippen LogP) is 2.62. The smallest absolute Gasteiger partial charge is 0.106 e. The fourth-order valence-electron chi connectivity index (χ4n) is 2.13. The highest BCUT2D eigenvalue weighted by Crippen LogP contribution is 2.19. The molecule has 0 radical (unpaired) electrons. The maximum Gasteiger partial charge on any atom is 0.106 e. The highest BCUT2D eigenvalue weighted by molar-refractivity contribution is 7.09. The molecule has 0 fully saturated rings. The van der Waals surface area contributed by atoms with Crippen LogP contribution in [0.5, 0.6) is 0 Å². The van der Waals surface area contributed by atoms with Gasteiger partial charge in [0.1, 0.15) is 5.01 Å². The number of thiazole rings is 1. The first-order valence-corrected chi connectivity index (χ1v) is 7.26. The standard InChI is InChI=1S/C13H25N3S/c1-9(2)12(10(3)4)7-15-6-11-8-17-13(5-14)16-11/h8-10,12,15H,5-7,14H2,1-4H3.